The summed E-state index contributed by atoms with van der Waals surface area (Å²) in [6, 6.07) is 0.843. The molecule has 0 aliphatic carbocycles. The average Bonchev–Trinajstić information content (AvgIpc) is 2.35. The van der Waals surface area contributed by atoms with Gasteiger partial charge in [0.05, 0.1) is 17.8 Å². The third-order valence-electron chi connectivity index (χ3n) is 3.52. The highest BCUT2D eigenvalue weighted by atomic mass is 16.5. The fourth-order valence-corrected chi connectivity index (χ4v) is 2.87. The van der Waals surface area contributed by atoms with Crippen LogP contribution in [0.3, 0.4) is 0 Å². The van der Waals surface area contributed by atoms with Crippen LogP contribution in [0.25, 0.3) is 0 Å². The zero-order valence-electron chi connectivity index (χ0n) is 12.3. The molecule has 3 heteroatoms. The molecule has 1 N–H and O–H groups in total. The van der Waals surface area contributed by atoms with Gasteiger partial charge in [-0.25, -0.2) is 0 Å². The largest absolute Gasteiger partial charge is 0.383 e. The molecule has 1 fully saturated rings. The van der Waals surface area contributed by atoms with Gasteiger partial charge in [-0.3, -0.25) is 0 Å². The lowest BCUT2D eigenvalue weighted by atomic mass is 9.93. The van der Waals surface area contributed by atoms with Crippen molar-refractivity contribution in [3.05, 3.63) is 0 Å². The summed E-state index contributed by atoms with van der Waals surface area (Å²) in [6.07, 6.45) is 3.39. The Kier molecular flexibility index (Phi) is 4.99. The first-order valence-electron chi connectivity index (χ1n) is 6.76. The molecule has 0 amide bonds. The fourth-order valence-electron chi connectivity index (χ4n) is 2.87. The van der Waals surface area contributed by atoms with Crippen molar-refractivity contribution in [3.8, 4) is 0 Å². The van der Waals surface area contributed by atoms with Crippen LogP contribution >= 0.6 is 0 Å². The van der Waals surface area contributed by atoms with E-state index >= 15 is 0 Å². The number of hydrogen-bond donors (Lipinski definition) is 1. The quantitative estimate of drug-likeness (QED) is 0.778. The number of nitrogens with one attached hydrogen (secondary N) is 1. The van der Waals surface area contributed by atoms with Crippen molar-refractivity contribution < 1.29 is 9.47 Å². The topological polar surface area (TPSA) is 30.5 Å². The Hall–Kier alpha value is -0.120. The second kappa shape index (κ2) is 5.68. The first kappa shape index (κ1) is 14.9. The average molecular weight is 243 g/mol. The molecule has 1 heterocycles. The van der Waals surface area contributed by atoms with Crippen molar-refractivity contribution >= 4 is 0 Å². The van der Waals surface area contributed by atoms with Gasteiger partial charge in [0.1, 0.15) is 0 Å². The molecule has 1 rings (SSSR count). The second-order valence-electron chi connectivity index (χ2n) is 6.33. The molecule has 0 aromatic heterocycles. The lowest BCUT2D eigenvalue weighted by molar-refractivity contribution is -0.0709. The van der Waals surface area contributed by atoms with Gasteiger partial charge in [0.2, 0.25) is 0 Å². The third kappa shape index (κ3) is 4.23. The summed E-state index contributed by atoms with van der Waals surface area (Å²) < 4.78 is 11.4. The van der Waals surface area contributed by atoms with Crippen LogP contribution in [0.4, 0.5) is 0 Å². The molecular weight excluding hydrogens is 214 g/mol. The lowest BCUT2D eigenvalue weighted by Gasteiger charge is -2.31. The predicted molar refractivity (Wildman–Crippen MR) is 71.4 cm³/mol. The van der Waals surface area contributed by atoms with E-state index in [0.717, 1.165) is 19.4 Å². The van der Waals surface area contributed by atoms with Crippen LogP contribution in [0.2, 0.25) is 0 Å². The highest BCUT2D eigenvalue weighted by molar-refractivity contribution is 4.99. The monoisotopic (exact) mass is 243 g/mol. The minimum Gasteiger partial charge on any atom is -0.383 e. The van der Waals surface area contributed by atoms with Crippen LogP contribution in [0.15, 0.2) is 0 Å². The van der Waals surface area contributed by atoms with E-state index in [0.29, 0.717) is 12.1 Å². The Balaban J connectivity index is 2.59. The van der Waals surface area contributed by atoms with Crippen molar-refractivity contribution in [2.24, 2.45) is 0 Å². The van der Waals surface area contributed by atoms with Gasteiger partial charge in [0.25, 0.3) is 0 Å². The minimum absolute atomic E-state index is 0.0228. The molecule has 0 saturated carbocycles. The van der Waals surface area contributed by atoms with E-state index in [4.69, 9.17) is 9.47 Å². The van der Waals surface area contributed by atoms with E-state index in [2.05, 4.69) is 39.9 Å². The molecule has 2 atom stereocenters. The zero-order valence-corrected chi connectivity index (χ0v) is 12.3. The van der Waals surface area contributed by atoms with Crippen molar-refractivity contribution in [1.29, 1.82) is 0 Å². The maximum atomic E-state index is 6.10. The maximum absolute atomic E-state index is 6.10. The molecule has 1 aliphatic heterocycles. The molecule has 3 nitrogen and oxygen atoms in total. The molecule has 0 radical (unpaired) electrons. The summed E-state index contributed by atoms with van der Waals surface area (Å²) in [6.45, 7) is 11.7. The molecule has 1 saturated heterocycles. The van der Waals surface area contributed by atoms with Crippen LogP contribution in [-0.2, 0) is 9.47 Å². The van der Waals surface area contributed by atoms with Gasteiger partial charge >= 0.3 is 0 Å². The van der Waals surface area contributed by atoms with Gasteiger partial charge < -0.3 is 14.8 Å². The number of hydrogen-bond acceptors (Lipinski definition) is 3. The minimum atomic E-state index is -0.0940. The molecule has 102 valence electrons. The summed E-state index contributed by atoms with van der Waals surface area (Å²) in [5, 5.41) is 3.71. The van der Waals surface area contributed by atoms with E-state index < -0.39 is 0 Å². The first-order valence-corrected chi connectivity index (χ1v) is 6.76. The fraction of sp³-hybridized carbons (Fsp3) is 1.00. The van der Waals surface area contributed by atoms with Crippen molar-refractivity contribution in [2.45, 2.75) is 77.2 Å². The summed E-state index contributed by atoms with van der Waals surface area (Å²) in [4.78, 5) is 0. The summed E-state index contributed by atoms with van der Waals surface area (Å²) >= 11 is 0. The maximum Gasteiger partial charge on any atom is 0.0787 e. The van der Waals surface area contributed by atoms with Gasteiger partial charge in [-0.15, -0.1) is 0 Å². The van der Waals surface area contributed by atoms with Crippen LogP contribution < -0.4 is 5.32 Å². The summed E-state index contributed by atoms with van der Waals surface area (Å²) in [5.74, 6) is 0. The molecule has 0 bridgehead atoms. The van der Waals surface area contributed by atoms with Gasteiger partial charge in [-0.2, -0.15) is 0 Å². The SMILES string of the molecule is CCCC(COC)NC1CC(C)(C)OC1(C)C. The standard InChI is InChI=1S/C14H29NO2/c1-7-8-11(10-16-6)15-12-9-13(2,3)17-14(12,4)5/h11-12,15H,7-10H2,1-6H3. The van der Waals surface area contributed by atoms with Gasteiger partial charge in [0.15, 0.2) is 0 Å². The first-order chi connectivity index (χ1) is 7.80. The molecule has 1 aliphatic rings. The third-order valence-corrected chi connectivity index (χ3v) is 3.52. The Labute approximate surface area is 106 Å². The van der Waals surface area contributed by atoms with Gasteiger partial charge in [-0.05, 0) is 40.5 Å². The van der Waals surface area contributed by atoms with E-state index in [1.807, 2.05) is 0 Å². The Morgan fingerprint density at radius 1 is 1.35 bits per heavy atom. The molecular formula is C14H29NO2. The zero-order chi connectivity index (χ0) is 13.1. The Bertz CT molecular complexity index is 232. The van der Waals surface area contributed by atoms with E-state index in [9.17, 15) is 0 Å². The van der Waals surface area contributed by atoms with Crippen molar-refractivity contribution in [3.63, 3.8) is 0 Å². The van der Waals surface area contributed by atoms with Gasteiger partial charge in [-0.1, -0.05) is 13.3 Å². The highest BCUT2D eigenvalue weighted by Crippen LogP contribution is 2.37. The normalized spacial score (nSPS) is 28.2. The molecule has 0 aromatic rings. The van der Waals surface area contributed by atoms with Crippen LogP contribution in [0.1, 0.15) is 53.9 Å². The molecule has 17 heavy (non-hydrogen) atoms. The lowest BCUT2D eigenvalue weighted by Crippen LogP contribution is -2.49. The van der Waals surface area contributed by atoms with Crippen molar-refractivity contribution in [2.75, 3.05) is 13.7 Å². The van der Waals surface area contributed by atoms with Gasteiger partial charge in [0, 0.05) is 19.2 Å². The molecule has 0 spiro atoms. The molecule has 0 aromatic carbocycles. The Morgan fingerprint density at radius 3 is 2.41 bits per heavy atom. The molecule has 2 unspecified atom stereocenters. The van der Waals surface area contributed by atoms with E-state index in [1.165, 1.54) is 6.42 Å². The predicted octanol–water partition coefficient (Wildman–Crippen LogP) is 2.74. The summed E-state index contributed by atoms with van der Waals surface area (Å²) in [7, 11) is 1.77. The van der Waals surface area contributed by atoms with Crippen LogP contribution in [0.5, 0.6) is 0 Å². The van der Waals surface area contributed by atoms with E-state index in [-0.39, 0.29) is 11.2 Å². The second-order valence-corrected chi connectivity index (χ2v) is 6.33. The number of methoxy groups -OCH3 is 1. The van der Waals surface area contributed by atoms with Crippen LogP contribution in [-0.4, -0.2) is 37.0 Å². The van der Waals surface area contributed by atoms with Crippen LogP contribution in [0, 0.1) is 0 Å². The Morgan fingerprint density at radius 2 is 2.00 bits per heavy atom. The van der Waals surface area contributed by atoms with Crippen molar-refractivity contribution in [1.82, 2.24) is 5.32 Å². The van der Waals surface area contributed by atoms with E-state index in [1.54, 1.807) is 7.11 Å². The smallest absolute Gasteiger partial charge is 0.0787 e. The summed E-state index contributed by atoms with van der Waals surface area (Å²) in [5.41, 5.74) is -0.117. The number of ether oxygens (including phenoxy) is 2. The number of rotatable bonds is 6. The highest BCUT2D eigenvalue weighted by Gasteiger charge is 2.46.